The van der Waals surface area contributed by atoms with Crippen LogP contribution in [0.4, 0.5) is 0 Å². The number of Topliss-reactive ketones (excluding diaryl/α,β-unsaturated/α-hetero) is 1. The Morgan fingerprint density at radius 3 is 2.14 bits per heavy atom. The Bertz CT molecular complexity index is 1520. The lowest BCUT2D eigenvalue weighted by atomic mass is 9.83. The average Bonchev–Trinajstić information content (AvgIpc) is 3.11. The zero-order chi connectivity index (χ0) is 26.9. The van der Waals surface area contributed by atoms with Gasteiger partial charge in [-0.05, 0) is 35.2 Å². The summed E-state index contributed by atoms with van der Waals surface area (Å²) in [4.78, 5) is 27.0. The molecule has 0 radical (unpaired) electrons. The number of phenolic OH excluding ortho intramolecular Hbond substituents is 1. The number of amides is 1. The van der Waals surface area contributed by atoms with E-state index in [-0.39, 0.29) is 36.1 Å². The van der Waals surface area contributed by atoms with Gasteiger partial charge >= 0.3 is 0 Å². The van der Waals surface area contributed by atoms with Crippen molar-refractivity contribution in [2.24, 2.45) is 0 Å². The van der Waals surface area contributed by atoms with E-state index in [1.807, 2.05) is 79.9 Å². The Morgan fingerprint density at radius 2 is 1.54 bits per heavy atom. The first kappa shape index (κ1) is 25.9. The van der Waals surface area contributed by atoms with Gasteiger partial charge in [0.1, 0.15) is 5.75 Å². The maximum atomic E-state index is 13.7. The number of nitrogens with zero attached hydrogens (tertiary/aromatic N) is 3. The molecule has 0 spiro atoms. The highest BCUT2D eigenvalue weighted by Crippen LogP contribution is 2.35. The smallest absolute Gasteiger partial charge is 0.219 e. The van der Waals surface area contributed by atoms with Crippen LogP contribution in [0.1, 0.15) is 54.7 Å². The van der Waals surface area contributed by atoms with Crippen molar-refractivity contribution >= 4 is 22.7 Å². The molecule has 0 saturated carbocycles. The van der Waals surface area contributed by atoms with E-state index in [1.165, 1.54) is 11.8 Å². The van der Waals surface area contributed by atoms with Crippen LogP contribution in [-0.2, 0) is 29.8 Å². The van der Waals surface area contributed by atoms with Gasteiger partial charge in [-0.3, -0.25) is 15.0 Å². The van der Waals surface area contributed by atoms with Gasteiger partial charge in [-0.15, -0.1) is 0 Å². The van der Waals surface area contributed by atoms with Gasteiger partial charge in [-0.1, -0.05) is 63.2 Å². The second-order valence-electron chi connectivity index (χ2n) is 10.6. The highest BCUT2D eigenvalue weighted by molar-refractivity contribution is 5.97. The van der Waals surface area contributed by atoms with Crippen LogP contribution in [0.3, 0.4) is 0 Å². The van der Waals surface area contributed by atoms with Crippen LogP contribution >= 0.6 is 0 Å². The summed E-state index contributed by atoms with van der Waals surface area (Å²) in [6, 6.07) is 21.1. The fraction of sp³-hybridized carbons (Fsp3) is 0.300. The fourth-order valence-corrected chi connectivity index (χ4v) is 4.53. The molecule has 1 amide bonds. The van der Waals surface area contributed by atoms with Crippen LogP contribution in [0.2, 0.25) is 0 Å². The maximum absolute atomic E-state index is 13.7. The maximum Gasteiger partial charge on any atom is 0.219 e. The summed E-state index contributed by atoms with van der Waals surface area (Å²) < 4.78 is 3.63. The first-order valence-corrected chi connectivity index (χ1v) is 12.3. The summed E-state index contributed by atoms with van der Waals surface area (Å²) in [7, 11) is 1.66. The van der Waals surface area contributed by atoms with Crippen molar-refractivity contribution in [1.82, 2.24) is 14.0 Å². The van der Waals surface area contributed by atoms with Crippen molar-refractivity contribution in [3.05, 3.63) is 94.6 Å². The Morgan fingerprint density at radius 1 is 0.946 bits per heavy atom. The molecular weight excluding hydrogens is 464 g/mol. The van der Waals surface area contributed by atoms with E-state index in [2.05, 4.69) is 0 Å². The average molecular weight is 499 g/mol. The van der Waals surface area contributed by atoms with Gasteiger partial charge in [0.25, 0.3) is 0 Å². The molecule has 0 aliphatic rings. The van der Waals surface area contributed by atoms with Gasteiger partial charge in [0.15, 0.2) is 5.78 Å². The molecule has 192 valence electrons. The molecule has 3 aromatic carbocycles. The molecular formula is C30H34N4O3. The number of fused-ring (bicyclic) bond motifs is 1. The van der Waals surface area contributed by atoms with Gasteiger partial charge in [-0.2, -0.15) is 0 Å². The molecule has 7 nitrogen and oxygen atoms in total. The van der Waals surface area contributed by atoms with E-state index in [0.29, 0.717) is 23.2 Å². The number of carbonyl (C=O) groups excluding carboxylic acids is 2. The number of nitrogens with one attached hydrogen (secondary N) is 1. The van der Waals surface area contributed by atoms with Crippen LogP contribution in [0.15, 0.2) is 66.7 Å². The number of carbonyl (C=O) groups is 2. The molecule has 37 heavy (non-hydrogen) atoms. The van der Waals surface area contributed by atoms with Gasteiger partial charge in [0.2, 0.25) is 11.5 Å². The number of benzene rings is 3. The molecule has 4 aromatic rings. The summed E-state index contributed by atoms with van der Waals surface area (Å²) in [6.45, 7) is 8.09. The normalized spacial score (nSPS) is 11.6. The zero-order valence-corrected chi connectivity index (χ0v) is 22.1. The number of imidazole rings is 1. The summed E-state index contributed by atoms with van der Waals surface area (Å²) in [5.74, 6) is -0.196. The first-order valence-electron chi connectivity index (χ1n) is 12.3. The summed E-state index contributed by atoms with van der Waals surface area (Å²) in [6.07, 6.45) is 0. The minimum Gasteiger partial charge on any atom is -0.507 e. The molecule has 0 bridgehead atoms. The highest BCUT2D eigenvalue weighted by Gasteiger charge is 2.24. The molecule has 0 unspecified atom stereocenters. The number of hydrogen-bond donors (Lipinski definition) is 2. The Hall–Kier alpha value is -4.13. The molecule has 4 rings (SSSR count). The summed E-state index contributed by atoms with van der Waals surface area (Å²) >= 11 is 0. The number of ketones is 1. The second-order valence-corrected chi connectivity index (χ2v) is 10.6. The first-order chi connectivity index (χ1) is 17.5. The predicted octanol–water partition coefficient (Wildman–Crippen LogP) is 4.83. The minimum absolute atomic E-state index is 0.0164. The predicted molar refractivity (Wildman–Crippen MR) is 145 cm³/mol. The third-order valence-electron chi connectivity index (χ3n) is 6.72. The van der Waals surface area contributed by atoms with Crippen LogP contribution < -0.4 is 5.62 Å². The van der Waals surface area contributed by atoms with Crippen molar-refractivity contribution in [3.63, 3.8) is 0 Å². The zero-order valence-electron chi connectivity index (χ0n) is 22.1. The lowest BCUT2D eigenvalue weighted by Crippen LogP contribution is -2.28. The van der Waals surface area contributed by atoms with E-state index in [0.717, 1.165) is 16.6 Å². The number of aromatic nitrogens is 2. The lowest BCUT2D eigenvalue weighted by molar-refractivity contribution is -0.128. The van der Waals surface area contributed by atoms with Gasteiger partial charge in [-0.25, -0.2) is 0 Å². The second kappa shape index (κ2) is 10.1. The Kier molecular flexibility index (Phi) is 7.07. The van der Waals surface area contributed by atoms with Crippen molar-refractivity contribution in [3.8, 4) is 5.75 Å². The largest absolute Gasteiger partial charge is 0.507 e. The molecule has 2 N–H and O–H groups in total. The van der Waals surface area contributed by atoms with Gasteiger partial charge in [0.05, 0.1) is 24.1 Å². The monoisotopic (exact) mass is 498 g/mol. The van der Waals surface area contributed by atoms with Crippen LogP contribution in [0.25, 0.3) is 11.0 Å². The number of hydrogen-bond acceptors (Lipinski definition) is 4. The fourth-order valence-electron chi connectivity index (χ4n) is 4.53. The molecule has 7 heteroatoms. The van der Waals surface area contributed by atoms with E-state index in [4.69, 9.17) is 5.41 Å². The SMILES string of the molecule is CC(=O)N(C)Cc1cc(C(=O)Cn2c(=N)n(Cc3ccccc3)c3ccccc32)cc(C(C)(C)C)c1O. The third-order valence-corrected chi connectivity index (χ3v) is 6.72. The van der Waals surface area contributed by atoms with Gasteiger partial charge < -0.3 is 19.1 Å². The van der Waals surface area contributed by atoms with E-state index in [9.17, 15) is 14.7 Å². The standard InChI is InChI=1S/C30H34N4O3/c1-20(35)32(5)18-23-15-22(16-24(28(23)37)30(2,3)4)27(36)19-34-26-14-10-9-13-25(26)33(29(34)31)17-21-11-7-6-8-12-21/h6-16,31,37H,17-19H2,1-5H3. The Labute approximate surface area is 217 Å². The minimum atomic E-state index is -0.413. The number of para-hydroxylation sites is 2. The number of rotatable bonds is 7. The molecule has 0 fully saturated rings. The number of phenols is 1. The molecule has 0 atom stereocenters. The number of aromatic hydroxyl groups is 1. The summed E-state index contributed by atoms with van der Waals surface area (Å²) in [5, 5.41) is 19.9. The van der Waals surface area contributed by atoms with Crippen LogP contribution in [0.5, 0.6) is 5.75 Å². The van der Waals surface area contributed by atoms with Crippen molar-refractivity contribution in [1.29, 1.82) is 5.41 Å². The summed E-state index contributed by atoms with van der Waals surface area (Å²) in [5.41, 5.74) is 4.21. The highest BCUT2D eigenvalue weighted by atomic mass is 16.3. The molecule has 0 aliphatic carbocycles. The van der Waals surface area contributed by atoms with Crippen molar-refractivity contribution in [2.75, 3.05) is 7.05 Å². The van der Waals surface area contributed by atoms with E-state index in [1.54, 1.807) is 23.7 Å². The third kappa shape index (κ3) is 5.35. The lowest BCUT2D eigenvalue weighted by Gasteiger charge is -2.25. The molecule has 1 heterocycles. The molecule has 1 aromatic heterocycles. The Balaban J connectivity index is 1.76. The van der Waals surface area contributed by atoms with E-state index < -0.39 is 5.41 Å². The van der Waals surface area contributed by atoms with Crippen molar-refractivity contribution < 1.29 is 14.7 Å². The van der Waals surface area contributed by atoms with E-state index >= 15 is 0 Å². The van der Waals surface area contributed by atoms with Crippen LogP contribution in [-0.4, -0.2) is 37.9 Å². The molecule has 0 saturated heterocycles. The van der Waals surface area contributed by atoms with Crippen LogP contribution in [0, 0.1) is 5.41 Å². The van der Waals surface area contributed by atoms with Gasteiger partial charge in [0, 0.05) is 37.2 Å². The topological polar surface area (TPSA) is 91.3 Å². The molecule has 0 aliphatic heterocycles. The van der Waals surface area contributed by atoms with Crippen molar-refractivity contribution in [2.45, 2.75) is 52.7 Å². The quantitative estimate of drug-likeness (QED) is 0.358.